The van der Waals surface area contributed by atoms with Crippen molar-refractivity contribution >= 4 is 17.3 Å². The summed E-state index contributed by atoms with van der Waals surface area (Å²) in [5, 5.41) is 3.45. The van der Waals surface area contributed by atoms with Crippen molar-refractivity contribution < 1.29 is 4.79 Å². The molecule has 0 bridgehead atoms. The molecule has 1 atom stereocenters. The molecule has 0 radical (unpaired) electrons. The van der Waals surface area contributed by atoms with E-state index >= 15 is 0 Å². The Morgan fingerprint density at radius 1 is 1.12 bits per heavy atom. The third-order valence-electron chi connectivity index (χ3n) is 4.87. The fraction of sp³-hybridized carbons (Fsp3) is 0.381. The molecule has 138 valence electrons. The van der Waals surface area contributed by atoms with E-state index in [9.17, 15) is 4.79 Å². The molecule has 1 aliphatic heterocycles. The Morgan fingerprint density at radius 3 is 2.46 bits per heavy atom. The summed E-state index contributed by atoms with van der Waals surface area (Å²) in [5.74, 6) is -0.389. The Hall–Kier alpha value is -2.53. The number of para-hydroxylation sites is 1. The number of amides is 1. The van der Waals surface area contributed by atoms with Gasteiger partial charge in [-0.2, -0.15) is 0 Å². The van der Waals surface area contributed by atoms with Gasteiger partial charge in [-0.15, -0.1) is 0 Å². The summed E-state index contributed by atoms with van der Waals surface area (Å²) in [5.41, 5.74) is 9.23. The maximum Gasteiger partial charge on any atom is 0.250 e. The minimum atomic E-state index is -0.389. The van der Waals surface area contributed by atoms with Gasteiger partial charge in [0.1, 0.15) is 0 Å². The molecule has 0 saturated carbocycles. The molecule has 1 heterocycles. The zero-order valence-electron chi connectivity index (χ0n) is 15.6. The van der Waals surface area contributed by atoms with E-state index in [1.807, 2.05) is 25.1 Å². The van der Waals surface area contributed by atoms with E-state index in [2.05, 4.69) is 52.4 Å². The molecule has 1 saturated heterocycles. The Bertz CT molecular complexity index is 739. The fourth-order valence-corrected chi connectivity index (χ4v) is 3.51. The lowest BCUT2D eigenvalue weighted by Crippen LogP contribution is -2.49. The summed E-state index contributed by atoms with van der Waals surface area (Å²) in [7, 11) is 0. The number of aryl methyl sites for hydroxylation is 1. The van der Waals surface area contributed by atoms with Gasteiger partial charge in [-0.3, -0.25) is 9.69 Å². The normalized spacial score (nSPS) is 16.3. The number of piperazine rings is 1. The number of nitrogens with two attached hydrogens (primary N) is 1. The van der Waals surface area contributed by atoms with Crippen LogP contribution in [0.15, 0.2) is 48.5 Å². The molecule has 3 N–H and O–H groups in total. The lowest BCUT2D eigenvalue weighted by molar-refractivity contribution is 0.100. The van der Waals surface area contributed by atoms with E-state index in [-0.39, 0.29) is 11.9 Å². The van der Waals surface area contributed by atoms with E-state index < -0.39 is 0 Å². The smallest absolute Gasteiger partial charge is 0.250 e. The number of nitrogens with one attached hydrogen (secondary N) is 1. The number of rotatable bonds is 6. The second kappa shape index (κ2) is 8.23. The first kappa shape index (κ1) is 18.3. The predicted molar refractivity (Wildman–Crippen MR) is 108 cm³/mol. The molecule has 1 unspecified atom stereocenters. The van der Waals surface area contributed by atoms with Crippen LogP contribution in [-0.4, -0.2) is 49.6 Å². The first-order valence-corrected chi connectivity index (χ1v) is 9.22. The average molecular weight is 352 g/mol. The van der Waals surface area contributed by atoms with E-state index in [0.29, 0.717) is 5.56 Å². The first-order chi connectivity index (χ1) is 12.5. The van der Waals surface area contributed by atoms with Crippen LogP contribution in [0, 0.1) is 6.92 Å². The summed E-state index contributed by atoms with van der Waals surface area (Å²) in [6, 6.07) is 16.6. The van der Waals surface area contributed by atoms with Gasteiger partial charge in [0.15, 0.2) is 0 Å². The van der Waals surface area contributed by atoms with Crippen molar-refractivity contribution in [1.29, 1.82) is 0 Å². The number of primary amides is 1. The van der Waals surface area contributed by atoms with Crippen molar-refractivity contribution in [3.63, 3.8) is 0 Å². The third kappa shape index (κ3) is 4.55. The SMILES string of the molecule is Cc1ccc(NC(C)CN2CCN(c3ccccc3)CC2)c(C(N)=O)c1. The lowest BCUT2D eigenvalue weighted by Gasteiger charge is -2.37. The number of carbonyl (C=O) groups excluding carboxylic acids is 1. The van der Waals surface area contributed by atoms with Crippen molar-refractivity contribution in [2.24, 2.45) is 5.73 Å². The Morgan fingerprint density at radius 2 is 1.81 bits per heavy atom. The highest BCUT2D eigenvalue weighted by Gasteiger charge is 2.19. The van der Waals surface area contributed by atoms with Gasteiger partial charge >= 0.3 is 0 Å². The van der Waals surface area contributed by atoms with Crippen LogP contribution >= 0.6 is 0 Å². The molecule has 26 heavy (non-hydrogen) atoms. The molecule has 1 fully saturated rings. The van der Waals surface area contributed by atoms with Crippen LogP contribution in [0.3, 0.4) is 0 Å². The zero-order valence-corrected chi connectivity index (χ0v) is 15.6. The Kier molecular flexibility index (Phi) is 5.78. The van der Waals surface area contributed by atoms with Crippen LogP contribution in [0.4, 0.5) is 11.4 Å². The molecular weight excluding hydrogens is 324 g/mol. The summed E-state index contributed by atoms with van der Waals surface area (Å²) < 4.78 is 0. The van der Waals surface area contributed by atoms with E-state index in [1.165, 1.54) is 5.69 Å². The summed E-state index contributed by atoms with van der Waals surface area (Å²) in [4.78, 5) is 16.6. The molecule has 1 aliphatic rings. The number of benzene rings is 2. The average Bonchev–Trinajstić information content (AvgIpc) is 2.64. The van der Waals surface area contributed by atoms with Crippen molar-refractivity contribution in [2.75, 3.05) is 42.9 Å². The van der Waals surface area contributed by atoms with E-state index in [1.54, 1.807) is 0 Å². The fourth-order valence-electron chi connectivity index (χ4n) is 3.51. The molecule has 5 nitrogen and oxygen atoms in total. The van der Waals surface area contributed by atoms with Crippen LogP contribution in [0.25, 0.3) is 0 Å². The topological polar surface area (TPSA) is 61.6 Å². The van der Waals surface area contributed by atoms with E-state index in [4.69, 9.17) is 5.73 Å². The van der Waals surface area contributed by atoms with Gasteiger partial charge in [0.2, 0.25) is 0 Å². The molecule has 0 aromatic heterocycles. The predicted octanol–water partition coefficient (Wildman–Crippen LogP) is 2.72. The van der Waals surface area contributed by atoms with Crippen molar-refractivity contribution in [1.82, 2.24) is 4.90 Å². The number of hydrogen-bond donors (Lipinski definition) is 2. The number of carbonyl (C=O) groups is 1. The highest BCUT2D eigenvalue weighted by atomic mass is 16.1. The van der Waals surface area contributed by atoms with Gasteiger partial charge in [-0.25, -0.2) is 0 Å². The van der Waals surface area contributed by atoms with Crippen LogP contribution in [0.2, 0.25) is 0 Å². The van der Waals surface area contributed by atoms with Gasteiger partial charge in [0.25, 0.3) is 5.91 Å². The number of hydrogen-bond acceptors (Lipinski definition) is 4. The van der Waals surface area contributed by atoms with Crippen LogP contribution in [0.5, 0.6) is 0 Å². The molecule has 1 amide bonds. The highest BCUT2D eigenvalue weighted by molar-refractivity contribution is 5.98. The molecule has 2 aromatic carbocycles. The Balaban J connectivity index is 1.54. The van der Waals surface area contributed by atoms with Crippen molar-refractivity contribution in [2.45, 2.75) is 19.9 Å². The quantitative estimate of drug-likeness (QED) is 0.839. The van der Waals surface area contributed by atoms with Gasteiger partial charge in [0, 0.05) is 50.1 Å². The van der Waals surface area contributed by atoms with Gasteiger partial charge < -0.3 is 16.0 Å². The summed E-state index contributed by atoms with van der Waals surface area (Å²) >= 11 is 0. The van der Waals surface area contributed by atoms with Crippen LogP contribution < -0.4 is 16.0 Å². The van der Waals surface area contributed by atoms with Crippen LogP contribution in [-0.2, 0) is 0 Å². The van der Waals surface area contributed by atoms with Crippen LogP contribution in [0.1, 0.15) is 22.8 Å². The second-order valence-electron chi connectivity index (χ2n) is 7.08. The maximum atomic E-state index is 11.7. The van der Waals surface area contributed by atoms with E-state index in [0.717, 1.165) is 44.0 Å². The third-order valence-corrected chi connectivity index (χ3v) is 4.87. The molecule has 2 aromatic rings. The number of nitrogens with zero attached hydrogens (tertiary/aromatic N) is 2. The summed E-state index contributed by atoms with van der Waals surface area (Å²) in [6.45, 7) is 9.20. The van der Waals surface area contributed by atoms with Gasteiger partial charge in [0.05, 0.1) is 5.56 Å². The van der Waals surface area contributed by atoms with Crippen molar-refractivity contribution in [3.8, 4) is 0 Å². The minimum Gasteiger partial charge on any atom is -0.381 e. The zero-order chi connectivity index (χ0) is 18.5. The largest absolute Gasteiger partial charge is 0.381 e. The van der Waals surface area contributed by atoms with Gasteiger partial charge in [-0.1, -0.05) is 29.8 Å². The molecule has 0 spiro atoms. The Labute approximate surface area is 155 Å². The summed E-state index contributed by atoms with van der Waals surface area (Å²) in [6.07, 6.45) is 0. The highest BCUT2D eigenvalue weighted by Crippen LogP contribution is 2.19. The monoisotopic (exact) mass is 352 g/mol. The minimum absolute atomic E-state index is 0.235. The molecule has 3 rings (SSSR count). The standard InChI is InChI=1S/C21H28N4O/c1-16-8-9-20(19(14-16)21(22)26)23-17(2)15-24-10-12-25(13-11-24)18-6-4-3-5-7-18/h3-9,14,17,23H,10-13,15H2,1-2H3,(H2,22,26). The molecular formula is C21H28N4O. The second-order valence-corrected chi connectivity index (χ2v) is 7.08. The molecule has 5 heteroatoms. The first-order valence-electron chi connectivity index (χ1n) is 9.22. The number of anilines is 2. The lowest BCUT2D eigenvalue weighted by atomic mass is 10.1. The van der Waals surface area contributed by atoms with Gasteiger partial charge in [-0.05, 0) is 38.1 Å². The maximum absolute atomic E-state index is 11.7. The van der Waals surface area contributed by atoms with Crippen molar-refractivity contribution in [3.05, 3.63) is 59.7 Å². The molecule has 0 aliphatic carbocycles.